The first kappa shape index (κ1) is 19.7. The van der Waals surface area contributed by atoms with Gasteiger partial charge in [0.15, 0.2) is 5.75 Å². The van der Waals surface area contributed by atoms with Gasteiger partial charge in [0.2, 0.25) is 0 Å². The number of carbonyl (C=O) groups is 1. The monoisotopic (exact) mass is 442 g/mol. The van der Waals surface area contributed by atoms with Crippen molar-refractivity contribution in [1.82, 2.24) is 20.2 Å². The third-order valence-electron chi connectivity index (χ3n) is 6.19. The number of amides is 1. The maximum Gasteiger partial charge on any atom is 0.265 e. The number of nitrogens with zero attached hydrogens (tertiary/aromatic N) is 3. The predicted molar refractivity (Wildman–Crippen MR) is 118 cm³/mol. The number of fused-ring (bicyclic) bond motifs is 3. The predicted octanol–water partition coefficient (Wildman–Crippen LogP) is 4.28. The number of aromatic nitrogens is 2. The number of piperidine rings is 1. The molecule has 2 aliphatic heterocycles. The number of ether oxygens (including phenoxy) is 1. The largest absolute Gasteiger partial charge is 0.493 e. The Hall–Kier alpha value is -2.22. The van der Waals surface area contributed by atoms with Crippen LogP contribution in [0.3, 0.4) is 0 Å². The average molecular weight is 443 g/mol. The fraction of sp³-hybridized carbons (Fsp3) is 0.409. The lowest BCUT2D eigenvalue weighted by Crippen LogP contribution is -2.49. The van der Waals surface area contributed by atoms with Crippen molar-refractivity contribution >= 4 is 39.2 Å². The molecule has 2 atom stereocenters. The minimum Gasteiger partial charge on any atom is -0.493 e. The summed E-state index contributed by atoms with van der Waals surface area (Å²) >= 11 is 7.35. The van der Waals surface area contributed by atoms with E-state index in [-0.39, 0.29) is 11.9 Å². The Kier molecular flexibility index (Phi) is 5.35. The second-order valence-corrected chi connectivity index (χ2v) is 9.44. The van der Waals surface area contributed by atoms with Crippen molar-refractivity contribution in [2.45, 2.75) is 50.4 Å². The van der Waals surface area contributed by atoms with E-state index >= 15 is 0 Å². The number of rotatable bonds is 5. The van der Waals surface area contributed by atoms with Gasteiger partial charge in [0.05, 0.1) is 7.11 Å². The molecule has 2 aromatic heterocycles. The topological polar surface area (TPSA) is 67.3 Å². The highest BCUT2D eigenvalue weighted by molar-refractivity contribution is 7.20. The van der Waals surface area contributed by atoms with Gasteiger partial charge in [-0.05, 0) is 43.4 Å². The minimum atomic E-state index is -0.0906. The average Bonchev–Trinajstić information content (AvgIpc) is 3.23. The summed E-state index contributed by atoms with van der Waals surface area (Å²) in [5.41, 5.74) is 1.93. The van der Waals surface area contributed by atoms with E-state index in [1.165, 1.54) is 29.7 Å². The summed E-state index contributed by atoms with van der Waals surface area (Å²) in [5, 5.41) is 4.02. The molecule has 2 fully saturated rings. The number of thiophene rings is 1. The van der Waals surface area contributed by atoms with Gasteiger partial charge in [-0.1, -0.05) is 23.7 Å². The molecule has 4 heterocycles. The van der Waals surface area contributed by atoms with Crippen molar-refractivity contribution < 1.29 is 9.53 Å². The molecule has 30 heavy (non-hydrogen) atoms. The van der Waals surface area contributed by atoms with Gasteiger partial charge in [-0.2, -0.15) is 0 Å². The third kappa shape index (κ3) is 3.66. The summed E-state index contributed by atoms with van der Waals surface area (Å²) in [6.45, 7) is 0.939. The van der Waals surface area contributed by atoms with E-state index in [1.54, 1.807) is 19.5 Å². The Morgan fingerprint density at radius 1 is 1.20 bits per heavy atom. The van der Waals surface area contributed by atoms with Gasteiger partial charge in [0.25, 0.3) is 5.91 Å². The van der Waals surface area contributed by atoms with Crippen LogP contribution in [0.4, 0.5) is 0 Å². The van der Waals surface area contributed by atoms with Crippen LogP contribution in [0.15, 0.2) is 36.7 Å². The number of nitrogens with one attached hydrogen (secondary N) is 1. The normalized spacial score (nSPS) is 23.6. The van der Waals surface area contributed by atoms with Crippen LogP contribution in [-0.4, -0.2) is 46.0 Å². The molecule has 2 unspecified atom stereocenters. The van der Waals surface area contributed by atoms with E-state index in [9.17, 15) is 4.79 Å². The highest BCUT2D eigenvalue weighted by atomic mass is 35.5. The fourth-order valence-corrected chi connectivity index (χ4v) is 5.95. The van der Waals surface area contributed by atoms with Crippen molar-refractivity contribution in [2.24, 2.45) is 0 Å². The molecule has 156 valence electrons. The zero-order chi connectivity index (χ0) is 20.7. The molecule has 0 saturated carbocycles. The SMILES string of the molecule is COc1c(C(=O)NC2CC3CCC(C2)N3Cc2ccc(Cl)cc2)sc2nccnc12. The van der Waals surface area contributed by atoms with E-state index in [2.05, 4.69) is 32.3 Å². The van der Waals surface area contributed by atoms with Crippen LogP contribution in [0.1, 0.15) is 40.9 Å². The molecule has 2 aliphatic rings. The first-order valence-electron chi connectivity index (χ1n) is 10.2. The Morgan fingerprint density at radius 2 is 1.90 bits per heavy atom. The summed E-state index contributed by atoms with van der Waals surface area (Å²) in [5.74, 6) is 0.427. The van der Waals surface area contributed by atoms with Crippen molar-refractivity contribution in [3.05, 3.63) is 52.1 Å². The van der Waals surface area contributed by atoms with Gasteiger partial charge >= 0.3 is 0 Å². The molecule has 8 heteroatoms. The smallest absolute Gasteiger partial charge is 0.265 e. The summed E-state index contributed by atoms with van der Waals surface area (Å²) < 4.78 is 5.48. The van der Waals surface area contributed by atoms with E-state index in [0.29, 0.717) is 28.2 Å². The summed E-state index contributed by atoms with van der Waals surface area (Å²) in [6, 6.07) is 9.28. The minimum absolute atomic E-state index is 0.0906. The van der Waals surface area contributed by atoms with Crippen molar-refractivity contribution in [3.63, 3.8) is 0 Å². The third-order valence-corrected chi connectivity index (χ3v) is 7.51. The van der Waals surface area contributed by atoms with Crippen LogP contribution >= 0.6 is 22.9 Å². The van der Waals surface area contributed by atoms with Crippen LogP contribution in [0.5, 0.6) is 5.75 Å². The molecule has 1 N–H and O–H groups in total. The molecule has 2 saturated heterocycles. The molecule has 0 radical (unpaired) electrons. The van der Waals surface area contributed by atoms with Crippen molar-refractivity contribution in [1.29, 1.82) is 0 Å². The van der Waals surface area contributed by atoms with Crippen LogP contribution in [0.25, 0.3) is 10.3 Å². The molecule has 2 bridgehead atoms. The lowest BCUT2D eigenvalue weighted by molar-refractivity contribution is 0.0829. The standard InChI is InChI=1S/C22H23ClN4O2S/c1-29-19-18-22(25-9-8-24-18)30-20(19)21(28)26-15-10-16-6-7-17(11-15)27(16)12-13-2-4-14(23)5-3-13/h2-5,8-9,15-17H,6-7,10-12H2,1H3,(H,26,28). The number of benzene rings is 1. The van der Waals surface area contributed by atoms with E-state index in [1.807, 2.05) is 12.1 Å². The van der Waals surface area contributed by atoms with E-state index < -0.39 is 0 Å². The van der Waals surface area contributed by atoms with Crippen LogP contribution in [-0.2, 0) is 6.54 Å². The second kappa shape index (κ2) is 8.13. The zero-order valence-electron chi connectivity index (χ0n) is 16.7. The molecular formula is C22H23ClN4O2S. The first-order valence-corrected chi connectivity index (χ1v) is 11.4. The maximum atomic E-state index is 13.0. The van der Waals surface area contributed by atoms with Crippen molar-refractivity contribution in [3.8, 4) is 5.75 Å². The molecule has 3 aromatic rings. The highest BCUT2D eigenvalue weighted by Crippen LogP contribution is 2.38. The van der Waals surface area contributed by atoms with Gasteiger partial charge in [0, 0.05) is 42.1 Å². The number of halogens is 1. The molecule has 0 aliphatic carbocycles. The molecule has 1 amide bonds. The Bertz CT molecular complexity index is 1060. The molecule has 1 aromatic carbocycles. The second-order valence-electron chi connectivity index (χ2n) is 8.00. The zero-order valence-corrected chi connectivity index (χ0v) is 18.2. The Balaban J connectivity index is 1.28. The van der Waals surface area contributed by atoms with Crippen LogP contribution in [0.2, 0.25) is 5.02 Å². The molecular weight excluding hydrogens is 420 g/mol. The van der Waals surface area contributed by atoms with Gasteiger partial charge in [-0.15, -0.1) is 11.3 Å². The highest BCUT2D eigenvalue weighted by Gasteiger charge is 2.41. The lowest BCUT2D eigenvalue weighted by Gasteiger charge is -2.39. The summed E-state index contributed by atoms with van der Waals surface area (Å²) in [6.07, 6.45) is 7.57. The number of hydrogen-bond acceptors (Lipinski definition) is 6. The number of methoxy groups -OCH3 is 1. The first-order chi connectivity index (χ1) is 14.6. The Morgan fingerprint density at radius 3 is 2.60 bits per heavy atom. The van der Waals surface area contributed by atoms with Gasteiger partial charge in [0.1, 0.15) is 15.2 Å². The van der Waals surface area contributed by atoms with Crippen LogP contribution < -0.4 is 10.1 Å². The Labute approximate surface area is 184 Å². The molecule has 5 rings (SSSR count). The maximum absolute atomic E-state index is 13.0. The summed E-state index contributed by atoms with van der Waals surface area (Å²) in [4.78, 5) is 25.5. The van der Waals surface area contributed by atoms with E-state index in [0.717, 1.165) is 29.2 Å². The van der Waals surface area contributed by atoms with Gasteiger partial charge in [-0.3, -0.25) is 9.69 Å². The fourth-order valence-electron chi connectivity index (χ4n) is 4.85. The van der Waals surface area contributed by atoms with E-state index in [4.69, 9.17) is 16.3 Å². The number of carbonyl (C=O) groups excluding carboxylic acids is 1. The summed E-state index contributed by atoms with van der Waals surface area (Å²) in [7, 11) is 1.57. The van der Waals surface area contributed by atoms with Crippen molar-refractivity contribution in [2.75, 3.05) is 7.11 Å². The lowest BCUT2D eigenvalue weighted by atomic mass is 9.96. The van der Waals surface area contributed by atoms with Gasteiger partial charge in [-0.25, -0.2) is 9.97 Å². The quantitative estimate of drug-likeness (QED) is 0.638. The number of hydrogen-bond donors (Lipinski definition) is 1. The molecule has 0 spiro atoms. The van der Waals surface area contributed by atoms with Gasteiger partial charge < -0.3 is 10.1 Å². The van der Waals surface area contributed by atoms with Crippen LogP contribution in [0, 0.1) is 0 Å². The molecule has 6 nitrogen and oxygen atoms in total.